The van der Waals surface area contributed by atoms with Crippen LogP contribution in [0.1, 0.15) is 11.1 Å². The third kappa shape index (κ3) is 3.94. The van der Waals surface area contributed by atoms with E-state index in [2.05, 4.69) is 10.1 Å². The second-order valence-corrected chi connectivity index (χ2v) is 6.25. The minimum Gasteiger partial charge on any atom is -0.465 e. The van der Waals surface area contributed by atoms with Gasteiger partial charge in [-0.15, -0.1) is 0 Å². The van der Waals surface area contributed by atoms with Gasteiger partial charge in [0.15, 0.2) is 0 Å². The highest BCUT2D eigenvalue weighted by molar-refractivity contribution is 6.01. The average Bonchev–Trinajstić information content (AvgIpc) is 3.04. The van der Waals surface area contributed by atoms with Crippen molar-refractivity contribution in [3.63, 3.8) is 0 Å². The van der Waals surface area contributed by atoms with E-state index in [-0.39, 0.29) is 18.0 Å². The van der Waals surface area contributed by atoms with Crippen LogP contribution < -0.4 is 5.32 Å². The lowest BCUT2D eigenvalue weighted by molar-refractivity contribution is -0.135. The zero-order valence-corrected chi connectivity index (χ0v) is 15.6. The van der Waals surface area contributed by atoms with Gasteiger partial charge in [0, 0.05) is 28.4 Å². The van der Waals surface area contributed by atoms with Crippen molar-refractivity contribution in [3.8, 4) is 6.07 Å². The van der Waals surface area contributed by atoms with Gasteiger partial charge in [-0.3, -0.25) is 4.79 Å². The number of nitrogens with zero attached hydrogens (tertiary/aromatic N) is 2. The maximum atomic E-state index is 12.5. The molecule has 6 heteroatoms. The van der Waals surface area contributed by atoms with Crippen LogP contribution in [0.25, 0.3) is 17.0 Å². The second-order valence-electron chi connectivity index (χ2n) is 6.25. The maximum Gasteiger partial charge on any atom is 0.348 e. The Bertz CT molecular complexity index is 1120. The number of ether oxygens (including phenoxy) is 1. The Morgan fingerprint density at radius 2 is 1.89 bits per heavy atom. The fourth-order valence-electron chi connectivity index (χ4n) is 2.98. The number of rotatable bonds is 5. The third-order valence-corrected chi connectivity index (χ3v) is 4.38. The number of benzene rings is 2. The molecule has 1 N–H and O–H groups in total. The molecule has 0 radical (unpaired) electrons. The number of hydrogen-bond donors (Lipinski definition) is 1. The van der Waals surface area contributed by atoms with Crippen molar-refractivity contribution in [2.45, 2.75) is 13.5 Å². The number of fused-ring (bicyclic) bond motifs is 1. The summed E-state index contributed by atoms with van der Waals surface area (Å²) >= 11 is 0. The first-order chi connectivity index (χ1) is 13.5. The van der Waals surface area contributed by atoms with E-state index < -0.39 is 5.97 Å². The zero-order chi connectivity index (χ0) is 20.1. The van der Waals surface area contributed by atoms with Gasteiger partial charge in [-0.2, -0.15) is 5.26 Å². The number of esters is 1. The number of aryl methyl sites for hydroxylation is 1. The van der Waals surface area contributed by atoms with Crippen LogP contribution >= 0.6 is 0 Å². The van der Waals surface area contributed by atoms with Crippen molar-refractivity contribution >= 4 is 34.5 Å². The molecule has 0 aliphatic rings. The van der Waals surface area contributed by atoms with Crippen molar-refractivity contribution in [3.05, 3.63) is 71.4 Å². The van der Waals surface area contributed by atoms with Crippen LogP contribution in [0.3, 0.4) is 0 Å². The van der Waals surface area contributed by atoms with Crippen molar-refractivity contribution in [2.24, 2.45) is 0 Å². The molecule has 1 aromatic heterocycles. The molecular weight excluding hydrogens is 354 g/mol. The highest BCUT2D eigenvalue weighted by Gasteiger charge is 2.14. The topological polar surface area (TPSA) is 84.1 Å². The van der Waals surface area contributed by atoms with Crippen LogP contribution in [0.2, 0.25) is 0 Å². The van der Waals surface area contributed by atoms with Gasteiger partial charge >= 0.3 is 5.97 Å². The molecule has 0 atom stereocenters. The summed E-state index contributed by atoms with van der Waals surface area (Å²) in [5, 5.41) is 13.0. The molecule has 0 unspecified atom stereocenters. The quantitative estimate of drug-likeness (QED) is 0.420. The average molecular weight is 373 g/mol. The molecule has 6 nitrogen and oxygen atoms in total. The number of hydrogen-bond acceptors (Lipinski definition) is 4. The van der Waals surface area contributed by atoms with Crippen molar-refractivity contribution in [1.29, 1.82) is 5.26 Å². The molecule has 0 fully saturated rings. The van der Waals surface area contributed by atoms with Crippen LogP contribution in [-0.2, 0) is 20.9 Å². The van der Waals surface area contributed by atoms with E-state index in [0.29, 0.717) is 5.56 Å². The van der Waals surface area contributed by atoms with E-state index in [1.54, 1.807) is 10.8 Å². The minimum atomic E-state index is -0.698. The Balaban J connectivity index is 1.93. The van der Waals surface area contributed by atoms with Gasteiger partial charge in [0.05, 0.1) is 7.11 Å². The first-order valence-corrected chi connectivity index (χ1v) is 8.67. The van der Waals surface area contributed by atoms with E-state index in [1.807, 2.05) is 61.5 Å². The van der Waals surface area contributed by atoms with Crippen LogP contribution in [0.4, 0.5) is 5.69 Å². The number of amides is 1. The number of carbonyl (C=O) groups is 2. The van der Waals surface area contributed by atoms with E-state index in [9.17, 15) is 14.9 Å². The summed E-state index contributed by atoms with van der Waals surface area (Å²) < 4.78 is 6.43. The molecule has 2 aromatic carbocycles. The highest BCUT2D eigenvalue weighted by Crippen LogP contribution is 2.24. The SMILES string of the molecule is COC(=O)/C(C#N)=C/c1cn(CC(=O)Nc2ccccc2C)c2ccccc12. The third-order valence-electron chi connectivity index (χ3n) is 4.38. The Morgan fingerprint density at radius 3 is 2.61 bits per heavy atom. The maximum absolute atomic E-state index is 12.5. The lowest BCUT2D eigenvalue weighted by atomic mass is 10.1. The molecule has 28 heavy (non-hydrogen) atoms. The lowest BCUT2D eigenvalue weighted by Crippen LogP contribution is -2.18. The van der Waals surface area contributed by atoms with Crippen LogP contribution in [0.15, 0.2) is 60.3 Å². The molecule has 1 heterocycles. The van der Waals surface area contributed by atoms with Gasteiger partial charge in [-0.25, -0.2) is 4.79 Å². The molecule has 0 saturated carbocycles. The summed E-state index contributed by atoms with van der Waals surface area (Å²) in [6.07, 6.45) is 3.23. The van der Waals surface area contributed by atoms with Gasteiger partial charge in [0.25, 0.3) is 0 Å². The highest BCUT2D eigenvalue weighted by atomic mass is 16.5. The predicted molar refractivity (Wildman–Crippen MR) is 107 cm³/mol. The lowest BCUT2D eigenvalue weighted by Gasteiger charge is -2.09. The Kier molecular flexibility index (Phi) is 5.56. The van der Waals surface area contributed by atoms with E-state index in [1.165, 1.54) is 13.2 Å². The number of anilines is 1. The fraction of sp³-hybridized carbons (Fsp3) is 0.136. The van der Waals surface area contributed by atoms with Crippen molar-refractivity contribution in [1.82, 2.24) is 4.57 Å². The predicted octanol–water partition coefficient (Wildman–Crippen LogP) is 3.67. The number of nitrogens with one attached hydrogen (secondary N) is 1. The number of carbonyl (C=O) groups excluding carboxylic acids is 2. The largest absolute Gasteiger partial charge is 0.465 e. The smallest absolute Gasteiger partial charge is 0.348 e. The standard InChI is InChI=1S/C22H19N3O3/c1-15-7-3-5-9-19(15)24-21(26)14-25-13-17(11-16(12-23)22(27)28-2)18-8-4-6-10-20(18)25/h3-11,13H,14H2,1-2H3,(H,24,26)/b16-11+. The van der Waals surface area contributed by atoms with E-state index >= 15 is 0 Å². The molecule has 0 aliphatic carbocycles. The summed E-state index contributed by atoms with van der Waals surface area (Å²) in [7, 11) is 1.23. The molecule has 0 bridgehead atoms. The Hall–Kier alpha value is -3.85. The van der Waals surface area contributed by atoms with Crippen LogP contribution in [0.5, 0.6) is 0 Å². The molecule has 0 spiro atoms. The summed E-state index contributed by atoms with van der Waals surface area (Å²) in [4.78, 5) is 24.3. The molecule has 0 aliphatic heterocycles. The Labute approximate surface area is 162 Å². The number of aromatic nitrogens is 1. The van der Waals surface area contributed by atoms with Crippen molar-refractivity contribution < 1.29 is 14.3 Å². The minimum absolute atomic E-state index is 0.1000. The second kappa shape index (κ2) is 8.23. The summed E-state index contributed by atoms with van der Waals surface area (Å²) in [6, 6.07) is 16.9. The monoisotopic (exact) mass is 373 g/mol. The van der Waals surface area contributed by atoms with E-state index in [0.717, 1.165) is 22.2 Å². The first-order valence-electron chi connectivity index (χ1n) is 8.67. The number of nitriles is 1. The van der Waals surface area contributed by atoms with Crippen molar-refractivity contribution in [2.75, 3.05) is 12.4 Å². The van der Waals surface area contributed by atoms with Gasteiger partial charge in [0.2, 0.25) is 5.91 Å². The van der Waals surface area contributed by atoms with Gasteiger partial charge in [0.1, 0.15) is 18.2 Å². The molecule has 3 rings (SSSR count). The zero-order valence-electron chi connectivity index (χ0n) is 15.6. The fourth-order valence-corrected chi connectivity index (χ4v) is 2.98. The van der Waals surface area contributed by atoms with Crippen LogP contribution in [-0.4, -0.2) is 23.6 Å². The van der Waals surface area contributed by atoms with E-state index in [4.69, 9.17) is 0 Å². The number of para-hydroxylation sites is 2. The van der Waals surface area contributed by atoms with Gasteiger partial charge < -0.3 is 14.6 Å². The molecular formula is C22H19N3O3. The molecule has 3 aromatic rings. The van der Waals surface area contributed by atoms with Gasteiger partial charge in [-0.05, 0) is 30.7 Å². The molecule has 0 saturated heterocycles. The molecule has 1 amide bonds. The first kappa shape index (κ1) is 18.9. The summed E-state index contributed by atoms with van der Waals surface area (Å²) in [5.41, 5.74) is 3.14. The van der Waals surface area contributed by atoms with Crippen LogP contribution in [0, 0.1) is 18.3 Å². The van der Waals surface area contributed by atoms with Gasteiger partial charge in [-0.1, -0.05) is 36.4 Å². The normalized spacial score (nSPS) is 11.1. The summed E-state index contributed by atoms with van der Waals surface area (Å²) in [5.74, 6) is -0.865. The number of methoxy groups -OCH3 is 1. The summed E-state index contributed by atoms with van der Waals surface area (Å²) in [6.45, 7) is 2.03. The molecule has 140 valence electrons. The Morgan fingerprint density at radius 1 is 1.18 bits per heavy atom.